The molecule has 0 fully saturated rings. The fraction of sp³-hybridized carbons (Fsp3) is 0.235. The molecule has 3 nitrogen and oxygen atoms in total. The first-order valence-electron chi connectivity index (χ1n) is 6.04. The number of hydrogen-bond donors (Lipinski definition) is 1. The molecule has 0 aromatic heterocycles. The molecule has 0 aliphatic rings. The summed E-state index contributed by atoms with van der Waals surface area (Å²) in [7, 11) is 0. The van der Waals surface area contributed by atoms with Crippen molar-refractivity contribution < 1.29 is 14.4 Å². The molecule has 0 saturated carbocycles. The molecule has 0 unspecified atom stereocenters. The standard InChI is InChI=1S/C17H15NO2/c1-4-11-18(12-5-2,13-6-3)14-15-7-9-16(10-8-15)17(19)20/h1-3,7-10H,11-14H2/p+1. The van der Waals surface area contributed by atoms with Crippen LogP contribution in [0, 0.1) is 37.0 Å². The summed E-state index contributed by atoms with van der Waals surface area (Å²) < 4.78 is 0.413. The maximum Gasteiger partial charge on any atom is 0.335 e. The van der Waals surface area contributed by atoms with Crippen molar-refractivity contribution in [1.29, 1.82) is 0 Å². The Kier molecular flexibility index (Phi) is 5.42. The van der Waals surface area contributed by atoms with Crippen molar-refractivity contribution in [1.82, 2.24) is 0 Å². The van der Waals surface area contributed by atoms with Crippen molar-refractivity contribution >= 4 is 5.97 Å². The number of carboxylic acids is 1. The van der Waals surface area contributed by atoms with E-state index in [0.717, 1.165) is 5.56 Å². The molecule has 100 valence electrons. The lowest BCUT2D eigenvalue weighted by Crippen LogP contribution is -2.48. The van der Waals surface area contributed by atoms with Crippen LogP contribution in [0.2, 0.25) is 0 Å². The van der Waals surface area contributed by atoms with E-state index in [0.29, 0.717) is 30.7 Å². The monoisotopic (exact) mass is 266 g/mol. The molecule has 0 aliphatic heterocycles. The zero-order valence-corrected chi connectivity index (χ0v) is 11.2. The van der Waals surface area contributed by atoms with Gasteiger partial charge in [-0.25, -0.2) is 4.79 Å². The Morgan fingerprint density at radius 3 is 1.80 bits per heavy atom. The third kappa shape index (κ3) is 3.92. The number of rotatable bonds is 6. The Labute approximate surface area is 119 Å². The highest BCUT2D eigenvalue weighted by atomic mass is 16.4. The molecule has 0 heterocycles. The van der Waals surface area contributed by atoms with E-state index in [2.05, 4.69) is 17.8 Å². The van der Waals surface area contributed by atoms with Gasteiger partial charge < -0.3 is 5.11 Å². The lowest BCUT2D eigenvalue weighted by Gasteiger charge is -2.33. The Balaban J connectivity index is 3.00. The van der Waals surface area contributed by atoms with Crippen LogP contribution in [-0.2, 0) is 6.54 Å². The first-order valence-corrected chi connectivity index (χ1v) is 6.04. The molecule has 0 spiro atoms. The van der Waals surface area contributed by atoms with Gasteiger partial charge in [-0.15, -0.1) is 19.3 Å². The summed E-state index contributed by atoms with van der Waals surface area (Å²) in [6.45, 7) is 1.90. The van der Waals surface area contributed by atoms with Gasteiger partial charge in [-0.1, -0.05) is 12.1 Å². The van der Waals surface area contributed by atoms with Crippen molar-refractivity contribution in [2.75, 3.05) is 19.6 Å². The van der Waals surface area contributed by atoms with Gasteiger partial charge in [-0.05, 0) is 29.9 Å². The van der Waals surface area contributed by atoms with Crippen molar-refractivity contribution in [2.24, 2.45) is 0 Å². The van der Waals surface area contributed by atoms with E-state index in [1.165, 1.54) is 0 Å². The van der Waals surface area contributed by atoms with E-state index in [1.807, 2.05) is 0 Å². The molecule has 0 amide bonds. The molecule has 1 N–H and O–H groups in total. The molecule has 3 heteroatoms. The molecular weight excluding hydrogens is 250 g/mol. The average molecular weight is 266 g/mol. The molecule has 0 bridgehead atoms. The largest absolute Gasteiger partial charge is 0.478 e. The topological polar surface area (TPSA) is 37.3 Å². The number of aromatic carboxylic acids is 1. The lowest BCUT2D eigenvalue weighted by molar-refractivity contribution is -0.921. The highest BCUT2D eigenvalue weighted by Gasteiger charge is 2.25. The van der Waals surface area contributed by atoms with Crippen LogP contribution in [0.25, 0.3) is 0 Å². The minimum absolute atomic E-state index is 0.248. The summed E-state index contributed by atoms with van der Waals surface area (Å²) in [5.41, 5.74) is 1.20. The van der Waals surface area contributed by atoms with E-state index < -0.39 is 5.97 Å². The summed E-state index contributed by atoms with van der Waals surface area (Å²) in [6.07, 6.45) is 16.2. The fourth-order valence-corrected chi connectivity index (χ4v) is 2.06. The van der Waals surface area contributed by atoms with Gasteiger partial charge in [0.05, 0.1) is 5.56 Å². The van der Waals surface area contributed by atoms with Gasteiger partial charge in [0.2, 0.25) is 0 Å². The van der Waals surface area contributed by atoms with Crippen LogP contribution in [0.5, 0.6) is 0 Å². The number of terminal acetylenes is 3. The van der Waals surface area contributed by atoms with Crippen molar-refractivity contribution in [3.05, 3.63) is 35.4 Å². The SMILES string of the molecule is C#CC[N+](CC#C)(CC#C)Cc1ccc(C(=O)O)cc1. The summed E-state index contributed by atoms with van der Waals surface area (Å²) >= 11 is 0. The van der Waals surface area contributed by atoms with E-state index in [4.69, 9.17) is 24.4 Å². The van der Waals surface area contributed by atoms with E-state index >= 15 is 0 Å². The second-order valence-corrected chi connectivity index (χ2v) is 4.59. The van der Waals surface area contributed by atoms with Gasteiger partial charge >= 0.3 is 5.97 Å². The van der Waals surface area contributed by atoms with Gasteiger partial charge in [-0.3, -0.25) is 4.48 Å². The molecular formula is C17H16NO2+. The smallest absolute Gasteiger partial charge is 0.335 e. The highest BCUT2D eigenvalue weighted by Crippen LogP contribution is 2.15. The van der Waals surface area contributed by atoms with Crippen molar-refractivity contribution in [2.45, 2.75) is 6.54 Å². The van der Waals surface area contributed by atoms with E-state index in [9.17, 15) is 4.79 Å². The maximum atomic E-state index is 10.8. The van der Waals surface area contributed by atoms with Crippen LogP contribution in [0.3, 0.4) is 0 Å². The molecule has 0 saturated heterocycles. The van der Waals surface area contributed by atoms with Crippen LogP contribution in [0.4, 0.5) is 0 Å². The summed E-state index contributed by atoms with van der Waals surface area (Å²) in [5.74, 6) is 6.89. The molecule has 0 atom stereocenters. The van der Waals surface area contributed by atoms with Crippen LogP contribution in [-0.4, -0.2) is 35.2 Å². The summed E-state index contributed by atoms with van der Waals surface area (Å²) in [5, 5.41) is 8.88. The predicted molar refractivity (Wildman–Crippen MR) is 78.5 cm³/mol. The summed E-state index contributed by atoms with van der Waals surface area (Å²) in [6, 6.07) is 6.65. The van der Waals surface area contributed by atoms with Gasteiger partial charge in [-0.2, -0.15) is 0 Å². The molecule has 0 aliphatic carbocycles. The van der Waals surface area contributed by atoms with Crippen LogP contribution in [0.1, 0.15) is 15.9 Å². The minimum Gasteiger partial charge on any atom is -0.478 e. The summed E-state index contributed by atoms with van der Waals surface area (Å²) in [4.78, 5) is 10.8. The zero-order chi connectivity index (χ0) is 15.0. The second-order valence-electron chi connectivity index (χ2n) is 4.59. The van der Waals surface area contributed by atoms with E-state index in [1.54, 1.807) is 24.3 Å². The Hall–Kier alpha value is -2.67. The fourth-order valence-electron chi connectivity index (χ4n) is 2.06. The number of nitrogens with zero attached hydrogens (tertiary/aromatic N) is 1. The lowest BCUT2D eigenvalue weighted by atomic mass is 10.1. The van der Waals surface area contributed by atoms with Gasteiger partial charge in [0, 0.05) is 5.56 Å². The number of carbonyl (C=O) groups is 1. The van der Waals surface area contributed by atoms with Crippen LogP contribution < -0.4 is 0 Å². The molecule has 20 heavy (non-hydrogen) atoms. The number of carboxylic acid groups (broad SMARTS) is 1. The van der Waals surface area contributed by atoms with E-state index in [-0.39, 0.29) is 5.56 Å². The van der Waals surface area contributed by atoms with Gasteiger partial charge in [0.25, 0.3) is 0 Å². The Morgan fingerprint density at radius 1 is 1.00 bits per heavy atom. The number of benzene rings is 1. The third-order valence-corrected chi connectivity index (χ3v) is 3.00. The Bertz CT molecular complexity index is 553. The predicted octanol–water partition coefficient (Wildman–Crippen LogP) is 1.60. The third-order valence-electron chi connectivity index (χ3n) is 3.00. The minimum atomic E-state index is -0.951. The van der Waals surface area contributed by atoms with Crippen LogP contribution >= 0.6 is 0 Å². The zero-order valence-electron chi connectivity index (χ0n) is 11.2. The van der Waals surface area contributed by atoms with Crippen molar-refractivity contribution in [3.8, 4) is 37.0 Å². The molecule has 1 aromatic rings. The second kappa shape index (κ2) is 7.05. The van der Waals surface area contributed by atoms with Crippen molar-refractivity contribution in [3.63, 3.8) is 0 Å². The highest BCUT2D eigenvalue weighted by molar-refractivity contribution is 5.87. The maximum absolute atomic E-state index is 10.8. The van der Waals surface area contributed by atoms with Gasteiger partial charge in [0.1, 0.15) is 26.2 Å². The van der Waals surface area contributed by atoms with Gasteiger partial charge in [0.15, 0.2) is 0 Å². The first-order chi connectivity index (χ1) is 9.56. The first kappa shape index (κ1) is 15.4. The van der Waals surface area contributed by atoms with Crippen LogP contribution in [0.15, 0.2) is 24.3 Å². The average Bonchev–Trinajstić information content (AvgIpc) is 2.40. The molecule has 1 rings (SSSR count). The molecule has 1 aromatic carbocycles. The Morgan fingerprint density at radius 2 is 1.45 bits per heavy atom. The molecule has 0 radical (unpaired) electrons. The number of hydrogen-bond acceptors (Lipinski definition) is 1. The number of quaternary nitrogens is 1. The quantitative estimate of drug-likeness (QED) is 0.627. The normalized spacial score (nSPS) is 10.1.